The van der Waals surface area contributed by atoms with Crippen LogP contribution in [0.5, 0.6) is 0 Å². The van der Waals surface area contributed by atoms with Gasteiger partial charge in [-0.25, -0.2) is 9.78 Å². The highest BCUT2D eigenvalue weighted by Gasteiger charge is 2.31. The number of carbonyl (C=O) groups is 1. The van der Waals surface area contributed by atoms with Crippen molar-refractivity contribution in [2.75, 3.05) is 31.1 Å². The fourth-order valence-electron chi connectivity index (χ4n) is 4.35. The topological polar surface area (TPSA) is 91.3 Å². The standard InChI is InChI=1S/C23H24ClN5O3/c1-2-29-20-19(21(30)26-23(29)32)17(13-18(25-20)14-6-7-14)22(31)28-10-8-27(9-11-28)16-5-3-4-15(24)12-16/h3-5,12-14H,2,6-11H2,1H3,(H,26,30,32). The van der Waals surface area contributed by atoms with Crippen molar-refractivity contribution in [3.63, 3.8) is 0 Å². The molecule has 0 bridgehead atoms. The number of fused-ring (bicyclic) bond motifs is 1. The number of amides is 1. The van der Waals surface area contributed by atoms with Gasteiger partial charge in [-0.15, -0.1) is 0 Å². The Morgan fingerprint density at radius 2 is 1.91 bits per heavy atom. The highest BCUT2D eigenvalue weighted by atomic mass is 35.5. The van der Waals surface area contributed by atoms with E-state index in [-0.39, 0.29) is 17.2 Å². The molecule has 0 radical (unpaired) electrons. The van der Waals surface area contributed by atoms with E-state index >= 15 is 0 Å². The summed E-state index contributed by atoms with van der Waals surface area (Å²) in [7, 11) is 0. The number of hydrogen-bond acceptors (Lipinski definition) is 5. The molecule has 2 fully saturated rings. The Morgan fingerprint density at radius 3 is 2.56 bits per heavy atom. The minimum atomic E-state index is -0.564. The molecule has 8 nitrogen and oxygen atoms in total. The van der Waals surface area contributed by atoms with Gasteiger partial charge in [0.05, 0.1) is 10.9 Å². The number of carbonyl (C=O) groups excluding carboxylic acids is 1. The summed E-state index contributed by atoms with van der Waals surface area (Å²) >= 11 is 6.12. The molecule has 0 atom stereocenters. The molecule has 1 aromatic carbocycles. The van der Waals surface area contributed by atoms with E-state index in [1.165, 1.54) is 4.57 Å². The van der Waals surface area contributed by atoms with Crippen molar-refractivity contribution in [2.45, 2.75) is 32.2 Å². The van der Waals surface area contributed by atoms with Crippen molar-refractivity contribution in [3.8, 4) is 0 Å². The second-order valence-electron chi connectivity index (χ2n) is 8.33. The minimum absolute atomic E-state index is 0.193. The van der Waals surface area contributed by atoms with Crippen LogP contribution in [0.2, 0.25) is 5.02 Å². The van der Waals surface area contributed by atoms with E-state index in [1.54, 1.807) is 11.0 Å². The van der Waals surface area contributed by atoms with Gasteiger partial charge in [-0.1, -0.05) is 17.7 Å². The molecule has 0 spiro atoms. The lowest BCUT2D eigenvalue weighted by molar-refractivity contribution is 0.0748. The van der Waals surface area contributed by atoms with Crippen LogP contribution in [0.3, 0.4) is 0 Å². The molecule has 3 heterocycles. The van der Waals surface area contributed by atoms with Gasteiger partial charge in [0.15, 0.2) is 5.65 Å². The number of H-pyrrole nitrogens is 1. The zero-order valence-corrected chi connectivity index (χ0v) is 18.6. The number of aromatic nitrogens is 3. The molecule has 1 aliphatic carbocycles. The Bertz CT molecular complexity index is 1320. The largest absolute Gasteiger partial charge is 0.368 e. The van der Waals surface area contributed by atoms with Crippen LogP contribution in [0.25, 0.3) is 11.0 Å². The fourth-order valence-corrected chi connectivity index (χ4v) is 4.54. The summed E-state index contributed by atoms with van der Waals surface area (Å²) in [5.74, 6) is 0.0853. The van der Waals surface area contributed by atoms with Gasteiger partial charge in [0.1, 0.15) is 0 Å². The first kappa shape index (κ1) is 20.8. The predicted molar refractivity (Wildman–Crippen MR) is 124 cm³/mol. The zero-order valence-electron chi connectivity index (χ0n) is 17.8. The zero-order chi connectivity index (χ0) is 22.4. The molecule has 0 unspecified atom stereocenters. The number of rotatable bonds is 4. The number of nitrogens with zero attached hydrogens (tertiary/aromatic N) is 4. The summed E-state index contributed by atoms with van der Waals surface area (Å²) in [5.41, 5.74) is 1.37. The van der Waals surface area contributed by atoms with E-state index in [2.05, 4.69) is 14.9 Å². The number of hydrogen-bond donors (Lipinski definition) is 1. The number of aryl methyl sites for hydroxylation is 1. The van der Waals surface area contributed by atoms with Crippen molar-refractivity contribution in [1.82, 2.24) is 19.4 Å². The van der Waals surface area contributed by atoms with E-state index in [4.69, 9.17) is 11.6 Å². The van der Waals surface area contributed by atoms with E-state index in [0.29, 0.717) is 49.0 Å². The maximum absolute atomic E-state index is 13.6. The molecule has 9 heteroatoms. The second kappa shape index (κ2) is 8.09. The van der Waals surface area contributed by atoms with Crippen LogP contribution in [0.4, 0.5) is 5.69 Å². The van der Waals surface area contributed by atoms with Crippen molar-refractivity contribution in [1.29, 1.82) is 0 Å². The van der Waals surface area contributed by atoms with Gasteiger partial charge in [0, 0.05) is 55.0 Å². The molecule has 1 aliphatic heterocycles. The summed E-state index contributed by atoms with van der Waals surface area (Å²) in [5, 5.41) is 0.871. The normalized spacial score (nSPS) is 16.6. The second-order valence-corrected chi connectivity index (χ2v) is 8.77. The van der Waals surface area contributed by atoms with E-state index < -0.39 is 11.2 Å². The molecule has 2 aliphatic rings. The quantitative estimate of drug-likeness (QED) is 0.655. The van der Waals surface area contributed by atoms with Crippen molar-refractivity contribution < 1.29 is 4.79 Å². The average Bonchev–Trinajstić information content (AvgIpc) is 3.64. The van der Waals surface area contributed by atoms with Gasteiger partial charge in [-0.3, -0.25) is 19.1 Å². The highest BCUT2D eigenvalue weighted by Crippen LogP contribution is 2.40. The van der Waals surface area contributed by atoms with Crippen LogP contribution in [-0.4, -0.2) is 51.5 Å². The molecule has 1 saturated heterocycles. The van der Waals surface area contributed by atoms with E-state index in [0.717, 1.165) is 24.2 Å². The first-order valence-corrected chi connectivity index (χ1v) is 11.3. The monoisotopic (exact) mass is 453 g/mol. The molecule has 3 aromatic rings. The summed E-state index contributed by atoms with van der Waals surface area (Å²) in [6.45, 7) is 4.57. The van der Waals surface area contributed by atoms with E-state index in [1.807, 2.05) is 31.2 Å². The Hall–Kier alpha value is -3.13. The first-order chi connectivity index (χ1) is 15.5. The van der Waals surface area contributed by atoms with Crippen LogP contribution in [0, 0.1) is 0 Å². The van der Waals surface area contributed by atoms with Crippen LogP contribution in [0.1, 0.15) is 41.7 Å². The minimum Gasteiger partial charge on any atom is -0.368 e. The highest BCUT2D eigenvalue weighted by molar-refractivity contribution is 6.30. The maximum Gasteiger partial charge on any atom is 0.329 e. The number of nitrogens with one attached hydrogen (secondary N) is 1. The lowest BCUT2D eigenvalue weighted by Crippen LogP contribution is -2.49. The lowest BCUT2D eigenvalue weighted by Gasteiger charge is -2.36. The average molecular weight is 454 g/mol. The molecular weight excluding hydrogens is 430 g/mol. The smallest absolute Gasteiger partial charge is 0.329 e. The van der Waals surface area contributed by atoms with Gasteiger partial charge >= 0.3 is 5.69 Å². The SMILES string of the molecule is CCn1c(=O)[nH]c(=O)c2c(C(=O)N3CCN(c4cccc(Cl)c4)CC3)cc(C3CC3)nc21. The van der Waals surface area contributed by atoms with Gasteiger partial charge < -0.3 is 9.80 Å². The summed E-state index contributed by atoms with van der Waals surface area (Å²) in [6, 6.07) is 9.43. The Labute approximate surface area is 189 Å². The number of pyridine rings is 1. The Kier molecular flexibility index (Phi) is 5.25. The maximum atomic E-state index is 13.6. The number of halogens is 1. The van der Waals surface area contributed by atoms with Crippen LogP contribution < -0.4 is 16.1 Å². The number of anilines is 1. The summed E-state index contributed by atoms with van der Waals surface area (Å²) < 4.78 is 1.43. The van der Waals surface area contributed by atoms with E-state index in [9.17, 15) is 14.4 Å². The molecule has 2 aromatic heterocycles. The molecular formula is C23H24ClN5O3. The molecule has 32 heavy (non-hydrogen) atoms. The van der Waals surface area contributed by atoms with Gasteiger partial charge in [0.25, 0.3) is 11.5 Å². The third-order valence-electron chi connectivity index (χ3n) is 6.25. The van der Waals surface area contributed by atoms with Crippen molar-refractivity contribution in [2.24, 2.45) is 0 Å². The number of aromatic amines is 1. The molecule has 5 rings (SSSR count). The van der Waals surface area contributed by atoms with Crippen LogP contribution >= 0.6 is 11.6 Å². The van der Waals surface area contributed by atoms with Crippen molar-refractivity contribution in [3.05, 3.63) is 67.4 Å². The Morgan fingerprint density at radius 1 is 1.16 bits per heavy atom. The Balaban J connectivity index is 1.50. The van der Waals surface area contributed by atoms with Crippen LogP contribution in [0.15, 0.2) is 39.9 Å². The first-order valence-electron chi connectivity index (χ1n) is 10.9. The fraction of sp³-hybridized carbons (Fsp3) is 0.391. The molecule has 1 amide bonds. The third-order valence-corrected chi connectivity index (χ3v) is 6.49. The van der Waals surface area contributed by atoms with Crippen molar-refractivity contribution >= 4 is 34.2 Å². The number of benzene rings is 1. The molecule has 1 saturated carbocycles. The molecule has 1 N–H and O–H groups in total. The number of piperazine rings is 1. The molecule has 166 valence electrons. The van der Waals surface area contributed by atoms with Gasteiger partial charge in [-0.2, -0.15) is 0 Å². The van der Waals surface area contributed by atoms with Crippen LogP contribution in [-0.2, 0) is 6.54 Å². The third kappa shape index (κ3) is 3.68. The van der Waals surface area contributed by atoms with Gasteiger partial charge in [-0.05, 0) is 44.0 Å². The summed E-state index contributed by atoms with van der Waals surface area (Å²) in [6.07, 6.45) is 2.01. The van der Waals surface area contributed by atoms with Gasteiger partial charge in [0.2, 0.25) is 0 Å². The lowest BCUT2D eigenvalue weighted by atomic mass is 10.1. The summed E-state index contributed by atoms with van der Waals surface area (Å²) in [4.78, 5) is 49.6. The predicted octanol–water partition coefficient (Wildman–Crippen LogP) is 2.60.